The third-order valence-corrected chi connectivity index (χ3v) is 4.17. The highest BCUT2D eigenvalue weighted by Gasteiger charge is 2.52. The van der Waals surface area contributed by atoms with E-state index in [0.29, 0.717) is 19.3 Å². The largest absolute Gasteiger partial charge is 0.299 e. The van der Waals surface area contributed by atoms with Crippen LogP contribution in [0.5, 0.6) is 0 Å². The van der Waals surface area contributed by atoms with Crippen LogP contribution in [0.4, 0.5) is 4.39 Å². The topological polar surface area (TPSA) is 17.1 Å². The van der Waals surface area contributed by atoms with Gasteiger partial charge in [-0.2, -0.15) is 0 Å². The zero-order chi connectivity index (χ0) is 11.2. The maximum absolute atomic E-state index is 14.3. The fourth-order valence-electron chi connectivity index (χ4n) is 3.38. The van der Waals surface area contributed by atoms with Crippen LogP contribution in [0.1, 0.15) is 36.8 Å². The summed E-state index contributed by atoms with van der Waals surface area (Å²) < 4.78 is 14.3. The highest BCUT2D eigenvalue weighted by Crippen LogP contribution is 2.47. The molecule has 1 aromatic rings. The van der Waals surface area contributed by atoms with E-state index in [9.17, 15) is 9.18 Å². The van der Waals surface area contributed by atoms with E-state index in [1.165, 1.54) is 5.56 Å². The SMILES string of the molecule is O=C1CCC[C@@]12c1ccccc1CC[C@H]2F. The van der Waals surface area contributed by atoms with Crippen molar-refractivity contribution >= 4 is 5.78 Å². The number of rotatable bonds is 0. The Kier molecular flexibility index (Phi) is 2.13. The van der Waals surface area contributed by atoms with Crippen LogP contribution in [-0.4, -0.2) is 12.0 Å². The van der Waals surface area contributed by atoms with Crippen LogP contribution in [0, 0.1) is 0 Å². The lowest BCUT2D eigenvalue weighted by atomic mass is 9.67. The van der Waals surface area contributed by atoms with Gasteiger partial charge in [-0.3, -0.25) is 4.79 Å². The summed E-state index contributed by atoms with van der Waals surface area (Å²) in [6, 6.07) is 7.88. The van der Waals surface area contributed by atoms with Gasteiger partial charge in [-0.25, -0.2) is 4.39 Å². The molecule has 1 fully saturated rings. The van der Waals surface area contributed by atoms with Gasteiger partial charge in [-0.15, -0.1) is 0 Å². The molecule has 1 saturated carbocycles. The lowest BCUT2D eigenvalue weighted by molar-refractivity contribution is -0.124. The Hall–Kier alpha value is -1.18. The first kappa shape index (κ1) is 10.0. The van der Waals surface area contributed by atoms with Crippen LogP contribution in [0.15, 0.2) is 24.3 Å². The molecular weight excluding hydrogens is 203 g/mol. The molecule has 0 heterocycles. The molecule has 0 amide bonds. The average Bonchev–Trinajstić information content (AvgIpc) is 2.68. The molecule has 16 heavy (non-hydrogen) atoms. The fraction of sp³-hybridized carbons (Fsp3) is 0.500. The van der Waals surface area contributed by atoms with Crippen LogP contribution < -0.4 is 0 Å². The molecule has 2 heteroatoms. The molecule has 0 aliphatic heterocycles. The molecule has 2 aliphatic carbocycles. The number of benzene rings is 1. The van der Waals surface area contributed by atoms with Crippen LogP contribution in [0.2, 0.25) is 0 Å². The second-order valence-electron chi connectivity index (χ2n) is 4.91. The molecule has 0 N–H and O–H groups in total. The van der Waals surface area contributed by atoms with Crippen molar-refractivity contribution in [1.82, 2.24) is 0 Å². The maximum Gasteiger partial charge on any atom is 0.146 e. The van der Waals surface area contributed by atoms with Crippen LogP contribution in [0.3, 0.4) is 0 Å². The van der Waals surface area contributed by atoms with Crippen molar-refractivity contribution in [2.45, 2.75) is 43.7 Å². The van der Waals surface area contributed by atoms with E-state index in [0.717, 1.165) is 18.4 Å². The average molecular weight is 218 g/mol. The number of fused-ring (bicyclic) bond motifs is 2. The van der Waals surface area contributed by atoms with Gasteiger partial charge in [0.05, 0.1) is 5.41 Å². The second-order valence-corrected chi connectivity index (χ2v) is 4.91. The molecule has 0 aromatic heterocycles. The molecule has 2 aliphatic rings. The van der Waals surface area contributed by atoms with Crippen molar-refractivity contribution in [3.05, 3.63) is 35.4 Å². The maximum atomic E-state index is 14.3. The summed E-state index contributed by atoms with van der Waals surface area (Å²) in [6.07, 6.45) is 2.39. The molecule has 1 nitrogen and oxygen atoms in total. The molecule has 84 valence electrons. The van der Waals surface area contributed by atoms with E-state index < -0.39 is 11.6 Å². The first-order chi connectivity index (χ1) is 7.75. The number of ketones is 1. The molecule has 0 radical (unpaired) electrons. The smallest absolute Gasteiger partial charge is 0.146 e. The number of Topliss-reactive ketones (excluding diaryl/α,β-unsaturated/α-hetero) is 1. The number of carbonyl (C=O) groups excluding carboxylic acids is 1. The standard InChI is InChI=1S/C14H15FO/c15-12-8-7-10-4-1-2-5-11(10)14(12)9-3-6-13(14)16/h1-2,4-5,12H,3,6-9H2/t12-,14+/m1/s1. The number of hydrogen-bond acceptors (Lipinski definition) is 1. The number of hydrogen-bond donors (Lipinski definition) is 0. The summed E-state index contributed by atoms with van der Waals surface area (Å²) in [6.45, 7) is 0. The van der Waals surface area contributed by atoms with E-state index in [2.05, 4.69) is 0 Å². The van der Waals surface area contributed by atoms with Crippen LogP contribution >= 0.6 is 0 Å². The molecule has 1 spiro atoms. The van der Waals surface area contributed by atoms with Gasteiger partial charge in [0, 0.05) is 6.42 Å². The summed E-state index contributed by atoms with van der Waals surface area (Å²) in [5, 5.41) is 0. The van der Waals surface area contributed by atoms with Gasteiger partial charge in [0.25, 0.3) is 0 Å². The van der Waals surface area contributed by atoms with Crippen LogP contribution in [-0.2, 0) is 16.6 Å². The summed E-state index contributed by atoms with van der Waals surface area (Å²) in [4.78, 5) is 12.1. The summed E-state index contributed by atoms with van der Waals surface area (Å²) in [5.74, 6) is 0.118. The highest BCUT2D eigenvalue weighted by atomic mass is 19.1. The van der Waals surface area contributed by atoms with E-state index in [1.807, 2.05) is 24.3 Å². The van der Waals surface area contributed by atoms with E-state index in [-0.39, 0.29) is 5.78 Å². The zero-order valence-corrected chi connectivity index (χ0v) is 9.21. The minimum absolute atomic E-state index is 0.118. The van der Waals surface area contributed by atoms with Gasteiger partial charge in [0.2, 0.25) is 0 Å². The third-order valence-electron chi connectivity index (χ3n) is 4.17. The molecule has 0 saturated heterocycles. The minimum Gasteiger partial charge on any atom is -0.299 e. The Labute approximate surface area is 94.7 Å². The predicted octanol–water partition coefficient (Wildman–Crippen LogP) is 2.96. The van der Waals surface area contributed by atoms with Crippen molar-refractivity contribution in [1.29, 1.82) is 0 Å². The second kappa shape index (κ2) is 3.41. The lowest BCUT2D eigenvalue weighted by Gasteiger charge is -2.37. The van der Waals surface area contributed by atoms with Crippen molar-refractivity contribution in [3.63, 3.8) is 0 Å². The van der Waals surface area contributed by atoms with Crippen molar-refractivity contribution in [2.75, 3.05) is 0 Å². The Morgan fingerprint density at radius 3 is 2.81 bits per heavy atom. The quantitative estimate of drug-likeness (QED) is 0.654. The van der Waals surface area contributed by atoms with E-state index in [4.69, 9.17) is 0 Å². The van der Waals surface area contributed by atoms with Crippen molar-refractivity contribution < 1.29 is 9.18 Å². The van der Waals surface area contributed by atoms with E-state index >= 15 is 0 Å². The van der Waals surface area contributed by atoms with Gasteiger partial charge in [0.1, 0.15) is 12.0 Å². The highest BCUT2D eigenvalue weighted by molar-refractivity contribution is 5.93. The molecule has 0 bridgehead atoms. The van der Waals surface area contributed by atoms with Crippen molar-refractivity contribution in [3.8, 4) is 0 Å². The Balaban J connectivity index is 2.20. The zero-order valence-electron chi connectivity index (χ0n) is 9.21. The minimum atomic E-state index is -0.975. The molecule has 1 aromatic carbocycles. The Bertz CT molecular complexity index is 440. The summed E-state index contributed by atoms with van der Waals surface area (Å²) >= 11 is 0. The van der Waals surface area contributed by atoms with Crippen molar-refractivity contribution in [2.24, 2.45) is 0 Å². The molecular formula is C14H15FO. The Morgan fingerprint density at radius 2 is 2.06 bits per heavy atom. The summed E-state index contributed by atoms with van der Waals surface area (Å²) in [7, 11) is 0. The third kappa shape index (κ3) is 1.13. The van der Waals surface area contributed by atoms with Crippen LogP contribution in [0.25, 0.3) is 0 Å². The van der Waals surface area contributed by atoms with E-state index in [1.54, 1.807) is 0 Å². The Morgan fingerprint density at radius 1 is 1.25 bits per heavy atom. The van der Waals surface area contributed by atoms with Gasteiger partial charge >= 0.3 is 0 Å². The normalized spacial score (nSPS) is 33.1. The number of halogens is 1. The molecule has 0 unspecified atom stereocenters. The number of alkyl halides is 1. The van der Waals surface area contributed by atoms with Gasteiger partial charge in [0.15, 0.2) is 0 Å². The first-order valence-electron chi connectivity index (χ1n) is 6.01. The van der Waals surface area contributed by atoms with Gasteiger partial charge < -0.3 is 0 Å². The predicted molar refractivity (Wildman–Crippen MR) is 60.2 cm³/mol. The van der Waals surface area contributed by atoms with Gasteiger partial charge in [-0.05, 0) is 36.8 Å². The first-order valence-corrected chi connectivity index (χ1v) is 6.01. The monoisotopic (exact) mass is 218 g/mol. The van der Waals surface area contributed by atoms with Gasteiger partial charge in [-0.1, -0.05) is 24.3 Å². The fourth-order valence-corrected chi connectivity index (χ4v) is 3.38. The summed E-state index contributed by atoms with van der Waals surface area (Å²) in [5.41, 5.74) is 1.36. The molecule has 2 atom stereocenters. The molecule has 3 rings (SSSR count). The number of aryl methyl sites for hydroxylation is 1. The number of carbonyl (C=O) groups is 1. The lowest BCUT2D eigenvalue weighted by Crippen LogP contribution is -2.44.